The molecule has 1 aromatic carbocycles. The molecular formula is C23H19F3N6O. The lowest BCUT2D eigenvalue weighted by Gasteiger charge is -2.41. The average molecular weight is 452 g/mol. The minimum absolute atomic E-state index is 0.00605. The quantitative estimate of drug-likeness (QED) is 0.500. The highest BCUT2D eigenvalue weighted by atomic mass is 19.4. The first-order valence-electron chi connectivity index (χ1n) is 10.3. The normalized spacial score (nSPS) is 14.4. The van der Waals surface area contributed by atoms with E-state index in [0.717, 1.165) is 47.7 Å². The summed E-state index contributed by atoms with van der Waals surface area (Å²) in [5, 5.41) is 6.86. The molecule has 4 aromatic rings. The minimum atomic E-state index is -4.53. The van der Waals surface area contributed by atoms with Crippen molar-refractivity contribution >= 4 is 22.8 Å². The predicted octanol–water partition coefficient (Wildman–Crippen LogP) is 4.31. The zero-order valence-corrected chi connectivity index (χ0v) is 17.5. The van der Waals surface area contributed by atoms with E-state index in [9.17, 15) is 18.0 Å². The first-order chi connectivity index (χ1) is 15.8. The zero-order valence-electron chi connectivity index (χ0n) is 17.5. The maximum atomic E-state index is 12.9. The largest absolute Gasteiger partial charge is 0.417 e. The van der Waals surface area contributed by atoms with Gasteiger partial charge in [-0.2, -0.15) is 18.3 Å². The molecule has 5 rings (SSSR count). The second-order valence-electron chi connectivity index (χ2n) is 8.02. The number of fused-ring (bicyclic) bond motifs is 1. The average Bonchev–Trinajstić information content (AvgIpc) is 3.17. The third kappa shape index (κ3) is 3.99. The summed E-state index contributed by atoms with van der Waals surface area (Å²) < 4.78 is 40.5. The Hall–Kier alpha value is -3.95. The Morgan fingerprint density at radius 3 is 2.70 bits per heavy atom. The van der Waals surface area contributed by atoms with Crippen LogP contribution < -0.4 is 10.2 Å². The third-order valence-electron chi connectivity index (χ3n) is 5.83. The highest BCUT2D eigenvalue weighted by molar-refractivity contribution is 6.04. The Bertz CT molecular complexity index is 1340. The molecule has 3 aromatic heterocycles. The first-order valence-corrected chi connectivity index (χ1v) is 10.3. The van der Waals surface area contributed by atoms with Crippen LogP contribution in [-0.4, -0.2) is 38.6 Å². The van der Waals surface area contributed by atoms with Crippen LogP contribution in [0.4, 0.5) is 24.5 Å². The van der Waals surface area contributed by atoms with Gasteiger partial charge in [-0.3, -0.25) is 14.8 Å². The first kappa shape index (κ1) is 20.9. The molecule has 168 valence electrons. The van der Waals surface area contributed by atoms with E-state index in [4.69, 9.17) is 0 Å². The summed E-state index contributed by atoms with van der Waals surface area (Å²) in [5.41, 5.74) is 3.48. The van der Waals surface area contributed by atoms with Crippen molar-refractivity contribution < 1.29 is 18.0 Å². The lowest BCUT2D eigenvalue weighted by atomic mass is 9.87. The summed E-state index contributed by atoms with van der Waals surface area (Å²) in [6.07, 6.45) is 4.44. The molecule has 0 atom stereocenters. The van der Waals surface area contributed by atoms with E-state index in [1.54, 1.807) is 29.2 Å². The lowest BCUT2D eigenvalue weighted by Crippen LogP contribution is -2.45. The Morgan fingerprint density at radius 2 is 1.91 bits per heavy atom. The lowest BCUT2D eigenvalue weighted by molar-refractivity contribution is -0.137. The van der Waals surface area contributed by atoms with Crippen LogP contribution in [0.3, 0.4) is 0 Å². The molecule has 4 heterocycles. The highest BCUT2D eigenvalue weighted by Gasteiger charge is 2.32. The predicted molar refractivity (Wildman–Crippen MR) is 116 cm³/mol. The molecule has 0 spiro atoms. The molecule has 1 aliphatic heterocycles. The number of aromatic nitrogens is 4. The van der Waals surface area contributed by atoms with Gasteiger partial charge < -0.3 is 10.2 Å². The molecule has 7 nitrogen and oxygen atoms in total. The fourth-order valence-corrected chi connectivity index (χ4v) is 4.03. The highest BCUT2D eigenvalue weighted by Crippen LogP contribution is 2.35. The van der Waals surface area contributed by atoms with Gasteiger partial charge in [-0.05, 0) is 36.2 Å². The number of alkyl halides is 3. The monoisotopic (exact) mass is 452 g/mol. The van der Waals surface area contributed by atoms with Gasteiger partial charge >= 0.3 is 6.18 Å². The molecule has 1 saturated heterocycles. The zero-order chi connectivity index (χ0) is 23.2. The van der Waals surface area contributed by atoms with Gasteiger partial charge in [0.2, 0.25) is 0 Å². The molecule has 10 heteroatoms. The fourth-order valence-electron chi connectivity index (χ4n) is 4.03. The number of anilines is 2. The molecule has 0 aliphatic carbocycles. The van der Waals surface area contributed by atoms with Crippen LogP contribution in [0.15, 0.2) is 61.4 Å². The molecule has 0 radical (unpaired) electrons. The fraction of sp³-hybridized carbons (Fsp3) is 0.217. The molecule has 1 amide bonds. The molecular weight excluding hydrogens is 433 g/mol. The van der Waals surface area contributed by atoms with Gasteiger partial charge in [-0.25, -0.2) is 4.52 Å². The summed E-state index contributed by atoms with van der Waals surface area (Å²) in [4.78, 5) is 22.7. The van der Waals surface area contributed by atoms with Crippen molar-refractivity contribution in [1.29, 1.82) is 0 Å². The van der Waals surface area contributed by atoms with Gasteiger partial charge in [0.25, 0.3) is 5.91 Å². The molecule has 1 fully saturated rings. The van der Waals surface area contributed by atoms with Gasteiger partial charge in [-0.15, -0.1) is 0 Å². The molecule has 33 heavy (non-hydrogen) atoms. The van der Waals surface area contributed by atoms with E-state index in [1.165, 1.54) is 6.20 Å². The number of nitrogens with zero attached hydrogens (tertiary/aromatic N) is 5. The van der Waals surface area contributed by atoms with Gasteiger partial charge in [0.1, 0.15) is 5.52 Å². The van der Waals surface area contributed by atoms with Crippen molar-refractivity contribution in [2.75, 3.05) is 23.3 Å². The number of aryl methyl sites for hydroxylation is 1. The Kier molecular flexibility index (Phi) is 4.99. The van der Waals surface area contributed by atoms with Crippen molar-refractivity contribution in [3.63, 3.8) is 0 Å². The van der Waals surface area contributed by atoms with Crippen LogP contribution in [0.1, 0.15) is 33.0 Å². The number of benzene rings is 1. The van der Waals surface area contributed by atoms with Crippen LogP contribution >= 0.6 is 0 Å². The number of hydrogen-bond donors (Lipinski definition) is 1. The van der Waals surface area contributed by atoms with Crippen molar-refractivity contribution in [3.05, 3.63) is 83.7 Å². The summed E-state index contributed by atoms with van der Waals surface area (Å²) in [5.74, 6) is -0.262. The van der Waals surface area contributed by atoms with Crippen molar-refractivity contribution in [1.82, 2.24) is 19.6 Å². The number of rotatable bonds is 4. The van der Waals surface area contributed by atoms with Crippen LogP contribution in [0.5, 0.6) is 0 Å². The van der Waals surface area contributed by atoms with E-state index in [2.05, 4.69) is 25.3 Å². The van der Waals surface area contributed by atoms with Gasteiger partial charge in [0.05, 0.1) is 35.5 Å². The number of hydrogen-bond acceptors (Lipinski definition) is 5. The van der Waals surface area contributed by atoms with Crippen molar-refractivity contribution in [2.24, 2.45) is 0 Å². The van der Waals surface area contributed by atoms with E-state index in [1.807, 2.05) is 25.3 Å². The molecule has 1 aliphatic rings. The van der Waals surface area contributed by atoms with E-state index in [0.29, 0.717) is 5.56 Å². The number of carbonyl (C=O) groups excluding carboxylic acids is 1. The topological polar surface area (TPSA) is 75.4 Å². The summed E-state index contributed by atoms with van der Waals surface area (Å²) >= 11 is 0. The van der Waals surface area contributed by atoms with Crippen LogP contribution in [0.25, 0.3) is 5.52 Å². The number of carbonyl (C=O) groups is 1. The van der Waals surface area contributed by atoms with Crippen LogP contribution in [-0.2, 0) is 6.18 Å². The Labute approximate surface area is 186 Å². The van der Waals surface area contributed by atoms with Crippen LogP contribution in [0, 0.1) is 6.92 Å². The smallest absolute Gasteiger partial charge is 0.367 e. The third-order valence-corrected chi connectivity index (χ3v) is 5.83. The van der Waals surface area contributed by atoms with Gasteiger partial charge in [-0.1, -0.05) is 6.07 Å². The maximum absolute atomic E-state index is 12.9. The summed E-state index contributed by atoms with van der Waals surface area (Å²) in [6.45, 7) is 3.51. The SMILES string of the molecule is Cc1ccc(C(=O)Nc2cncc(C(F)(F)F)c2)cc1C1CN(c2cnn3ccncc23)C1. The molecule has 0 unspecified atom stereocenters. The Morgan fingerprint density at radius 1 is 1.09 bits per heavy atom. The van der Waals surface area contributed by atoms with E-state index < -0.39 is 17.6 Å². The van der Waals surface area contributed by atoms with Crippen molar-refractivity contribution in [2.45, 2.75) is 19.0 Å². The maximum Gasteiger partial charge on any atom is 0.417 e. The van der Waals surface area contributed by atoms with Crippen LogP contribution in [0.2, 0.25) is 0 Å². The number of halogens is 3. The molecule has 1 N–H and O–H groups in total. The number of pyridine rings is 1. The second kappa shape index (κ2) is 7.88. The van der Waals surface area contributed by atoms with Gasteiger partial charge in [0.15, 0.2) is 0 Å². The minimum Gasteiger partial charge on any atom is -0.367 e. The van der Waals surface area contributed by atoms with E-state index in [-0.39, 0.29) is 11.6 Å². The number of nitrogens with one attached hydrogen (secondary N) is 1. The standard InChI is InChI=1S/C23H19F3N6O/c1-14-2-3-15(22(33)30-18-7-17(8-28-9-18)23(24,25)26)6-19(14)16-12-31(13-16)20-11-29-32-5-4-27-10-21(20)32/h2-11,16H,12-13H2,1H3,(H,30,33). The number of amides is 1. The summed E-state index contributed by atoms with van der Waals surface area (Å²) in [6, 6.07) is 6.21. The van der Waals surface area contributed by atoms with Gasteiger partial charge in [0, 0.05) is 43.2 Å². The molecule has 0 saturated carbocycles. The van der Waals surface area contributed by atoms with E-state index >= 15 is 0 Å². The van der Waals surface area contributed by atoms with Crippen molar-refractivity contribution in [3.8, 4) is 0 Å². The summed E-state index contributed by atoms with van der Waals surface area (Å²) in [7, 11) is 0. The molecule has 0 bridgehead atoms. The Balaban J connectivity index is 1.31. The second-order valence-corrected chi connectivity index (χ2v) is 8.02.